The highest BCUT2D eigenvalue weighted by Crippen LogP contribution is 2.31. The van der Waals surface area contributed by atoms with E-state index in [1.165, 1.54) is 6.07 Å². The molecular weight excluding hydrogens is 459 g/mol. The molecule has 11 heteroatoms. The van der Waals surface area contributed by atoms with E-state index in [0.717, 1.165) is 23.9 Å². The van der Waals surface area contributed by atoms with Crippen LogP contribution in [0, 0.1) is 0 Å². The first-order valence-corrected chi connectivity index (χ1v) is 10.5. The van der Waals surface area contributed by atoms with Crippen molar-refractivity contribution in [3.63, 3.8) is 0 Å². The Labute approximate surface area is 189 Å². The number of carboxylic acid groups (broad SMARTS) is 1. The lowest BCUT2D eigenvalue weighted by molar-refractivity contribution is -0.137. The molecule has 0 amide bonds. The van der Waals surface area contributed by atoms with Crippen molar-refractivity contribution in [1.29, 1.82) is 0 Å². The Morgan fingerprint density at radius 2 is 1.88 bits per heavy atom. The first-order valence-electron chi connectivity index (χ1n) is 9.54. The molecule has 0 atom stereocenters. The molecule has 2 N–H and O–H groups in total. The summed E-state index contributed by atoms with van der Waals surface area (Å²) in [5.74, 6) is 0.622. The van der Waals surface area contributed by atoms with Gasteiger partial charge in [-0.2, -0.15) is 18.2 Å². The van der Waals surface area contributed by atoms with Crippen molar-refractivity contribution < 1.29 is 32.2 Å². The van der Waals surface area contributed by atoms with Crippen LogP contribution in [0.4, 0.5) is 13.2 Å². The van der Waals surface area contributed by atoms with Gasteiger partial charge in [0.2, 0.25) is 5.16 Å². The number of halogens is 3. The number of ether oxygens (including phenoxy) is 1. The Kier molecular flexibility index (Phi) is 6.40. The van der Waals surface area contributed by atoms with Crippen LogP contribution < -0.4 is 4.74 Å². The number of thioether (sulfide) groups is 1. The topological polar surface area (TPSA) is 101 Å². The fourth-order valence-corrected chi connectivity index (χ4v) is 3.43. The Morgan fingerprint density at radius 1 is 1.09 bits per heavy atom. The maximum absolute atomic E-state index is 12.9. The van der Waals surface area contributed by atoms with Gasteiger partial charge in [0, 0.05) is 5.56 Å². The van der Waals surface area contributed by atoms with E-state index in [2.05, 4.69) is 15.2 Å². The molecule has 0 saturated heterocycles. The Bertz CT molecular complexity index is 1270. The Morgan fingerprint density at radius 3 is 2.67 bits per heavy atom. The average molecular weight is 475 g/mol. The third kappa shape index (κ3) is 5.75. The van der Waals surface area contributed by atoms with Gasteiger partial charge in [-0.05, 0) is 42.0 Å². The van der Waals surface area contributed by atoms with E-state index in [0.29, 0.717) is 34.2 Å². The van der Waals surface area contributed by atoms with Gasteiger partial charge in [-0.1, -0.05) is 36.0 Å². The lowest BCUT2D eigenvalue weighted by Crippen LogP contribution is -2.06. The Hall–Kier alpha value is -3.73. The van der Waals surface area contributed by atoms with Crippen molar-refractivity contribution in [1.82, 2.24) is 15.2 Å². The summed E-state index contributed by atoms with van der Waals surface area (Å²) in [4.78, 5) is 14.9. The van der Waals surface area contributed by atoms with Crippen molar-refractivity contribution in [2.75, 3.05) is 5.75 Å². The van der Waals surface area contributed by atoms with Gasteiger partial charge < -0.3 is 14.3 Å². The van der Waals surface area contributed by atoms with E-state index in [9.17, 15) is 18.0 Å². The molecule has 0 radical (unpaired) electrons. The summed E-state index contributed by atoms with van der Waals surface area (Å²) in [5.41, 5.74) is 0.373. The molecule has 7 nitrogen and oxygen atoms in total. The van der Waals surface area contributed by atoms with Crippen LogP contribution in [0.2, 0.25) is 0 Å². The fraction of sp³-hybridized carbons (Fsp3) is 0.136. The molecule has 0 aliphatic rings. The van der Waals surface area contributed by atoms with Gasteiger partial charge in [-0.3, -0.25) is 9.89 Å². The summed E-state index contributed by atoms with van der Waals surface area (Å²) in [5, 5.41) is 15.7. The molecule has 0 saturated carbocycles. The monoisotopic (exact) mass is 475 g/mol. The smallest absolute Gasteiger partial charge is 0.416 e. The lowest BCUT2D eigenvalue weighted by Gasteiger charge is -2.10. The van der Waals surface area contributed by atoms with E-state index in [4.69, 9.17) is 14.3 Å². The molecule has 2 heterocycles. The average Bonchev–Trinajstić information content (AvgIpc) is 3.46. The number of nitrogens with one attached hydrogen (secondary N) is 1. The molecule has 2 aromatic heterocycles. The largest absolute Gasteiger partial charge is 0.489 e. The lowest BCUT2D eigenvalue weighted by atomic mass is 10.1. The van der Waals surface area contributed by atoms with Crippen LogP contribution in [0.25, 0.3) is 22.9 Å². The zero-order chi connectivity index (χ0) is 23.4. The number of hydrogen-bond acceptors (Lipinski definition) is 6. The molecule has 2 aromatic carbocycles. The fourth-order valence-electron chi connectivity index (χ4n) is 2.91. The molecule has 33 heavy (non-hydrogen) atoms. The zero-order valence-corrected chi connectivity index (χ0v) is 17.6. The highest BCUT2D eigenvalue weighted by atomic mass is 32.2. The van der Waals surface area contributed by atoms with Crippen LogP contribution in [0.5, 0.6) is 5.75 Å². The maximum Gasteiger partial charge on any atom is 0.416 e. The van der Waals surface area contributed by atoms with Gasteiger partial charge in [0.05, 0.1) is 11.3 Å². The maximum atomic E-state index is 12.9. The van der Waals surface area contributed by atoms with E-state index >= 15 is 0 Å². The normalized spacial score (nSPS) is 11.5. The number of benzene rings is 2. The summed E-state index contributed by atoms with van der Waals surface area (Å²) in [7, 11) is 0. The molecule has 0 bridgehead atoms. The van der Waals surface area contributed by atoms with Gasteiger partial charge in [0.25, 0.3) is 0 Å². The summed E-state index contributed by atoms with van der Waals surface area (Å²) in [6, 6.07) is 15.4. The molecule has 4 rings (SSSR count). The molecule has 0 unspecified atom stereocenters. The van der Waals surface area contributed by atoms with Gasteiger partial charge in [-0.15, -0.1) is 5.10 Å². The van der Waals surface area contributed by atoms with E-state index < -0.39 is 17.7 Å². The number of carboxylic acids is 1. The summed E-state index contributed by atoms with van der Waals surface area (Å²) in [6.07, 6.45) is -4.41. The number of hydrogen-bond donors (Lipinski definition) is 2. The molecule has 170 valence electrons. The SMILES string of the molecule is O=C(O)CSc1n[nH]c(-c2ccc(-c3cccc(OCc4cccc(C(F)(F)F)c4)c3)o2)n1. The number of furan rings is 1. The van der Waals surface area contributed by atoms with Gasteiger partial charge in [-0.25, -0.2) is 0 Å². The summed E-state index contributed by atoms with van der Waals surface area (Å²) < 4.78 is 50.1. The van der Waals surface area contributed by atoms with Crippen molar-refractivity contribution in [3.05, 3.63) is 71.8 Å². The van der Waals surface area contributed by atoms with Gasteiger partial charge >= 0.3 is 12.1 Å². The number of aliphatic carboxylic acids is 1. The second-order valence-corrected chi connectivity index (χ2v) is 7.77. The van der Waals surface area contributed by atoms with Crippen LogP contribution in [-0.2, 0) is 17.6 Å². The van der Waals surface area contributed by atoms with E-state index in [1.807, 2.05) is 0 Å². The molecular formula is C22H16F3N3O4S. The van der Waals surface area contributed by atoms with Crippen LogP contribution in [0.15, 0.2) is 70.2 Å². The first-order chi connectivity index (χ1) is 15.8. The number of aromatic amines is 1. The van der Waals surface area contributed by atoms with Crippen molar-refractivity contribution in [2.45, 2.75) is 17.9 Å². The zero-order valence-electron chi connectivity index (χ0n) is 16.8. The minimum Gasteiger partial charge on any atom is -0.489 e. The van der Waals surface area contributed by atoms with Crippen LogP contribution in [-0.4, -0.2) is 32.0 Å². The number of carbonyl (C=O) groups is 1. The van der Waals surface area contributed by atoms with Gasteiger partial charge in [0.1, 0.15) is 18.1 Å². The third-order valence-electron chi connectivity index (χ3n) is 4.41. The third-order valence-corrected chi connectivity index (χ3v) is 5.24. The second kappa shape index (κ2) is 9.41. The molecule has 0 fully saturated rings. The van der Waals surface area contributed by atoms with Crippen molar-refractivity contribution in [2.24, 2.45) is 0 Å². The number of H-pyrrole nitrogens is 1. The van der Waals surface area contributed by atoms with Gasteiger partial charge in [0.15, 0.2) is 11.6 Å². The molecule has 0 aliphatic heterocycles. The first kappa shape index (κ1) is 22.5. The van der Waals surface area contributed by atoms with Crippen molar-refractivity contribution in [3.8, 4) is 28.7 Å². The molecule has 4 aromatic rings. The predicted molar refractivity (Wildman–Crippen MR) is 114 cm³/mol. The van der Waals surface area contributed by atoms with Crippen molar-refractivity contribution >= 4 is 17.7 Å². The second-order valence-electron chi connectivity index (χ2n) is 6.83. The van der Waals surface area contributed by atoms with Crippen LogP contribution in [0.3, 0.4) is 0 Å². The van der Waals surface area contributed by atoms with E-state index in [-0.39, 0.29) is 17.5 Å². The highest BCUT2D eigenvalue weighted by molar-refractivity contribution is 7.99. The molecule has 0 spiro atoms. The Balaban J connectivity index is 1.44. The van der Waals surface area contributed by atoms with E-state index in [1.54, 1.807) is 42.5 Å². The number of alkyl halides is 3. The minimum absolute atomic E-state index is 0.0222. The van der Waals surface area contributed by atoms with Crippen LogP contribution >= 0.6 is 11.8 Å². The standard InChI is InChI=1S/C22H16F3N3O4S/c23-22(24,25)15-5-1-3-13(9-15)11-31-16-6-2-4-14(10-16)17-7-8-18(32-17)20-26-21(28-27-20)33-12-19(29)30/h1-10H,11-12H2,(H,29,30)(H,26,27,28). The number of aromatic nitrogens is 3. The summed E-state index contributed by atoms with van der Waals surface area (Å²) >= 11 is 0.981. The highest BCUT2D eigenvalue weighted by Gasteiger charge is 2.30. The number of nitrogens with zero attached hydrogens (tertiary/aromatic N) is 2. The predicted octanol–water partition coefficient (Wildman–Crippen LogP) is 5.51. The number of rotatable bonds is 8. The summed E-state index contributed by atoms with van der Waals surface area (Å²) in [6.45, 7) is -0.0222. The molecule has 0 aliphatic carbocycles. The van der Waals surface area contributed by atoms with Crippen LogP contribution in [0.1, 0.15) is 11.1 Å². The minimum atomic E-state index is -4.41. The quantitative estimate of drug-likeness (QED) is 0.324.